The molecular weight excluding hydrogens is 481 g/mol. The first-order valence-electron chi connectivity index (χ1n) is 9.24. The van der Waals surface area contributed by atoms with Gasteiger partial charge in [-0.2, -0.15) is 0 Å². The molecule has 0 radical (unpaired) electrons. The van der Waals surface area contributed by atoms with Crippen molar-refractivity contribution in [2.75, 3.05) is 27.7 Å². The maximum atomic E-state index is 11.7. The number of nitrogens with one attached hydrogen (secondary N) is 3. The first kappa shape index (κ1) is 24.7. The van der Waals surface area contributed by atoms with E-state index in [0.717, 1.165) is 34.6 Å². The Labute approximate surface area is 189 Å². The van der Waals surface area contributed by atoms with Crippen LogP contribution in [0.5, 0.6) is 5.75 Å². The molecule has 0 unspecified atom stereocenters. The second-order valence-corrected chi connectivity index (χ2v) is 6.43. The number of halogens is 1. The molecule has 0 spiro atoms. The van der Waals surface area contributed by atoms with Crippen LogP contribution in [0.25, 0.3) is 0 Å². The number of carbonyl (C=O) groups is 1. The van der Waals surface area contributed by atoms with Crippen molar-refractivity contribution in [3.05, 3.63) is 58.4 Å². The molecule has 1 aromatic carbocycles. The molecule has 8 heteroatoms. The van der Waals surface area contributed by atoms with Crippen LogP contribution in [-0.2, 0) is 13.0 Å². The maximum absolute atomic E-state index is 11.7. The van der Waals surface area contributed by atoms with E-state index in [4.69, 9.17) is 4.74 Å². The Morgan fingerprint density at radius 2 is 2.00 bits per heavy atom. The highest BCUT2D eigenvalue weighted by molar-refractivity contribution is 14.0. The molecule has 2 rings (SSSR count). The smallest absolute Gasteiger partial charge is 0.251 e. The van der Waals surface area contributed by atoms with Crippen LogP contribution in [0.15, 0.2) is 35.5 Å². The lowest BCUT2D eigenvalue weighted by atomic mass is 10.1. The number of aryl methyl sites for hydroxylation is 1. The summed E-state index contributed by atoms with van der Waals surface area (Å²) in [6.07, 6.45) is 2.60. The summed E-state index contributed by atoms with van der Waals surface area (Å²) >= 11 is 0. The average molecular weight is 511 g/mol. The summed E-state index contributed by atoms with van der Waals surface area (Å²) in [5.41, 5.74) is 4.72. The van der Waals surface area contributed by atoms with E-state index in [1.54, 1.807) is 27.3 Å². The predicted octanol–water partition coefficient (Wildman–Crippen LogP) is 2.59. The van der Waals surface area contributed by atoms with Gasteiger partial charge in [-0.1, -0.05) is 12.1 Å². The van der Waals surface area contributed by atoms with Crippen molar-refractivity contribution in [2.45, 2.75) is 26.8 Å². The van der Waals surface area contributed by atoms with Gasteiger partial charge in [-0.3, -0.25) is 14.8 Å². The highest BCUT2D eigenvalue weighted by Crippen LogP contribution is 2.23. The van der Waals surface area contributed by atoms with E-state index in [1.807, 2.05) is 38.2 Å². The lowest BCUT2D eigenvalue weighted by Gasteiger charge is -2.15. The van der Waals surface area contributed by atoms with Crippen molar-refractivity contribution in [3.8, 4) is 5.75 Å². The Morgan fingerprint density at radius 1 is 1.24 bits per heavy atom. The van der Waals surface area contributed by atoms with Crippen molar-refractivity contribution in [3.63, 3.8) is 0 Å². The van der Waals surface area contributed by atoms with Crippen LogP contribution in [0.2, 0.25) is 0 Å². The molecule has 158 valence electrons. The van der Waals surface area contributed by atoms with Gasteiger partial charge >= 0.3 is 0 Å². The Kier molecular flexibility index (Phi) is 10.4. The van der Waals surface area contributed by atoms with Crippen molar-refractivity contribution >= 4 is 35.8 Å². The fourth-order valence-corrected chi connectivity index (χ4v) is 2.98. The summed E-state index contributed by atoms with van der Waals surface area (Å²) < 4.78 is 5.46. The van der Waals surface area contributed by atoms with E-state index >= 15 is 0 Å². The van der Waals surface area contributed by atoms with E-state index in [2.05, 4.69) is 25.9 Å². The largest absolute Gasteiger partial charge is 0.496 e. The van der Waals surface area contributed by atoms with Gasteiger partial charge in [0.05, 0.1) is 19.3 Å². The fraction of sp³-hybridized carbons (Fsp3) is 0.381. The first-order valence-corrected chi connectivity index (χ1v) is 9.24. The van der Waals surface area contributed by atoms with Crippen LogP contribution in [0.3, 0.4) is 0 Å². The van der Waals surface area contributed by atoms with E-state index < -0.39 is 0 Å². The third-order valence-corrected chi connectivity index (χ3v) is 4.52. The van der Waals surface area contributed by atoms with Gasteiger partial charge < -0.3 is 20.7 Å². The van der Waals surface area contributed by atoms with Crippen molar-refractivity contribution in [2.24, 2.45) is 4.99 Å². The van der Waals surface area contributed by atoms with Gasteiger partial charge in [-0.15, -0.1) is 24.0 Å². The molecular formula is C21H30IN5O2. The summed E-state index contributed by atoms with van der Waals surface area (Å²) in [6, 6.07) is 7.62. The van der Waals surface area contributed by atoms with Gasteiger partial charge in [0.2, 0.25) is 0 Å². The van der Waals surface area contributed by atoms with E-state index in [1.165, 1.54) is 0 Å². The molecule has 0 aliphatic rings. The number of carbonyl (C=O) groups excluding carboxylic acids is 1. The van der Waals surface area contributed by atoms with Gasteiger partial charge in [0.25, 0.3) is 5.91 Å². The van der Waals surface area contributed by atoms with Crippen LogP contribution in [-0.4, -0.2) is 44.6 Å². The van der Waals surface area contributed by atoms with Crippen molar-refractivity contribution in [1.82, 2.24) is 20.9 Å². The van der Waals surface area contributed by atoms with Crippen LogP contribution in [0.1, 0.15) is 32.7 Å². The van der Waals surface area contributed by atoms with Gasteiger partial charge in [0, 0.05) is 43.5 Å². The fourth-order valence-electron chi connectivity index (χ4n) is 2.98. The minimum absolute atomic E-state index is 0. The highest BCUT2D eigenvalue weighted by atomic mass is 127. The van der Waals surface area contributed by atoms with Crippen molar-refractivity contribution < 1.29 is 9.53 Å². The summed E-state index contributed by atoms with van der Waals surface area (Å²) in [6.45, 7) is 5.23. The monoisotopic (exact) mass is 511 g/mol. The second-order valence-electron chi connectivity index (χ2n) is 6.43. The standard InChI is InChI=1S/C21H29N5O2.HI/c1-14-12-25-18(15(2)19(14)28-5)13-26-21(23-4)24-10-9-16-7-6-8-17(11-16)20(27)22-3;/h6-8,11-12H,9-10,13H2,1-5H3,(H,22,27)(H2,23,24,26);1H. The van der Waals surface area contributed by atoms with Crippen LogP contribution in [0.4, 0.5) is 0 Å². The second kappa shape index (κ2) is 12.3. The third kappa shape index (κ3) is 6.88. The molecule has 3 N–H and O–H groups in total. The van der Waals surface area contributed by atoms with Crippen LogP contribution < -0.4 is 20.7 Å². The number of hydrogen-bond acceptors (Lipinski definition) is 4. The zero-order valence-electron chi connectivity index (χ0n) is 17.6. The van der Waals surface area contributed by atoms with E-state index in [0.29, 0.717) is 24.6 Å². The molecule has 0 aliphatic carbocycles. The topological polar surface area (TPSA) is 87.6 Å². The highest BCUT2D eigenvalue weighted by Gasteiger charge is 2.10. The summed E-state index contributed by atoms with van der Waals surface area (Å²) in [5.74, 6) is 1.48. The number of ether oxygens (including phenoxy) is 1. The summed E-state index contributed by atoms with van der Waals surface area (Å²) in [5, 5.41) is 9.21. The Bertz CT molecular complexity index is 855. The quantitative estimate of drug-likeness (QED) is 0.302. The number of benzene rings is 1. The predicted molar refractivity (Wildman–Crippen MR) is 127 cm³/mol. The molecule has 0 fully saturated rings. The number of hydrogen-bond donors (Lipinski definition) is 3. The molecule has 1 aromatic heterocycles. The van der Waals surface area contributed by atoms with E-state index in [9.17, 15) is 4.79 Å². The number of nitrogens with zero attached hydrogens (tertiary/aromatic N) is 2. The number of aromatic nitrogens is 1. The number of rotatable bonds is 7. The molecule has 2 aromatic rings. The first-order chi connectivity index (χ1) is 13.5. The zero-order valence-corrected chi connectivity index (χ0v) is 20.0. The molecule has 29 heavy (non-hydrogen) atoms. The Morgan fingerprint density at radius 3 is 2.66 bits per heavy atom. The van der Waals surface area contributed by atoms with Crippen molar-refractivity contribution in [1.29, 1.82) is 0 Å². The van der Waals surface area contributed by atoms with Crippen LogP contribution >= 0.6 is 24.0 Å². The zero-order chi connectivity index (χ0) is 20.5. The number of guanidine groups is 1. The maximum Gasteiger partial charge on any atom is 0.251 e. The molecule has 0 aliphatic heterocycles. The number of aliphatic imine (C=N–C) groups is 1. The van der Waals surface area contributed by atoms with Crippen LogP contribution in [0, 0.1) is 13.8 Å². The SMILES string of the molecule is CN=C(NCCc1cccc(C(=O)NC)c1)NCc1ncc(C)c(OC)c1C.I. The van der Waals surface area contributed by atoms with E-state index in [-0.39, 0.29) is 29.9 Å². The molecule has 0 bridgehead atoms. The molecule has 1 heterocycles. The summed E-state index contributed by atoms with van der Waals surface area (Å²) in [4.78, 5) is 20.5. The van der Waals surface area contributed by atoms with Gasteiger partial charge in [0.1, 0.15) is 5.75 Å². The molecule has 7 nitrogen and oxygen atoms in total. The minimum Gasteiger partial charge on any atom is -0.496 e. The molecule has 0 saturated heterocycles. The van der Waals surface area contributed by atoms with Gasteiger partial charge in [-0.05, 0) is 38.0 Å². The number of methoxy groups -OCH3 is 1. The molecule has 0 saturated carbocycles. The summed E-state index contributed by atoms with van der Waals surface area (Å²) in [7, 11) is 5.04. The lowest BCUT2D eigenvalue weighted by molar-refractivity contribution is 0.0963. The number of pyridine rings is 1. The minimum atomic E-state index is -0.0799. The van der Waals surface area contributed by atoms with Gasteiger partial charge in [0.15, 0.2) is 5.96 Å². The Balaban J connectivity index is 0.00000420. The average Bonchev–Trinajstić information content (AvgIpc) is 2.71. The Hall–Kier alpha value is -2.36. The normalized spacial score (nSPS) is 10.7. The number of amides is 1. The molecule has 0 atom stereocenters. The molecule has 1 amide bonds. The lowest BCUT2D eigenvalue weighted by Crippen LogP contribution is -2.38. The van der Waals surface area contributed by atoms with Gasteiger partial charge in [-0.25, -0.2) is 0 Å². The third-order valence-electron chi connectivity index (χ3n) is 4.52.